The second-order valence-electron chi connectivity index (χ2n) is 4.98. The summed E-state index contributed by atoms with van der Waals surface area (Å²) in [5.41, 5.74) is 4.16. The van der Waals surface area contributed by atoms with Gasteiger partial charge in [-0.05, 0) is 66.4 Å². The topological polar surface area (TPSA) is 12.0 Å². The molecule has 1 N–H and O–H groups in total. The average Bonchev–Trinajstić information content (AvgIpc) is 2.40. The van der Waals surface area contributed by atoms with Gasteiger partial charge in [-0.15, -0.1) is 0 Å². The number of nitrogens with one attached hydrogen (secondary N) is 1. The average molecular weight is 292 g/mol. The van der Waals surface area contributed by atoms with Crippen LogP contribution in [-0.2, 0) is 6.54 Å². The molecule has 2 aromatic rings. The van der Waals surface area contributed by atoms with E-state index in [-0.39, 0.29) is 5.82 Å². The fourth-order valence-corrected chi connectivity index (χ4v) is 2.43. The second kappa shape index (κ2) is 6.87. The van der Waals surface area contributed by atoms with Crippen LogP contribution in [0.15, 0.2) is 36.4 Å². The fraction of sp³-hybridized carbons (Fsp3) is 0.294. The Morgan fingerprint density at radius 1 is 1.15 bits per heavy atom. The second-order valence-corrected chi connectivity index (χ2v) is 5.42. The molecule has 0 amide bonds. The van der Waals surface area contributed by atoms with Crippen molar-refractivity contribution < 1.29 is 4.39 Å². The van der Waals surface area contributed by atoms with Crippen LogP contribution in [0, 0.1) is 12.7 Å². The van der Waals surface area contributed by atoms with Crippen LogP contribution in [-0.4, -0.2) is 6.54 Å². The van der Waals surface area contributed by atoms with Crippen molar-refractivity contribution in [3.63, 3.8) is 0 Å². The van der Waals surface area contributed by atoms with Gasteiger partial charge in [0.05, 0.1) is 0 Å². The van der Waals surface area contributed by atoms with E-state index in [1.807, 2.05) is 6.92 Å². The molecule has 106 valence electrons. The van der Waals surface area contributed by atoms with E-state index < -0.39 is 0 Å². The van der Waals surface area contributed by atoms with E-state index >= 15 is 0 Å². The number of halogens is 2. The maximum Gasteiger partial charge on any atom is 0.125 e. The molecule has 0 unspecified atom stereocenters. The van der Waals surface area contributed by atoms with Gasteiger partial charge in [-0.2, -0.15) is 0 Å². The molecule has 0 saturated heterocycles. The Labute approximate surface area is 124 Å². The summed E-state index contributed by atoms with van der Waals surface area (Å²) >= 11 is 5.94. The number of rotatable bonds is 5. The summed E-state index contributed by atoms with van der Waals surface area (Å²) in [4.78, 5) is 0. The molecule has 3 heteroatoms. The summed E-state index contributed by atoms with van der Waals surface area (Å²) in [5, 5.41) is 3.80. The molecule has 2 aromatic carbocycles. The lowest BCUT2D eigenvalue weighted by Gasteiger charge is -2.10. The Hall–Kier alpha value is -1.38. The summed E-state index contributed by atoms with van der Waals surface area (Å²) in [7, 11) is 0. The van der Waals surface area contributed by atoms with Crippen LogP contribution in [0.1, 0.15) is 24.5 Å². The zero-order valence-corrected chi connectivity index (χ0v) is 12.6. The van der Waals surface area contributed by atoms with Gasteiger partial charge in [0.1, 0.15) is 5.82 Å². The standard InChI is InChI=1S/C17H19ClFN/c1-3-6-20-11-13-5-4-12(2)17(7-13)14-8-15(18)10-16(19)9-14/h4-5,7-10,20H,3,6,11H2,1-2H3. The third-order valence-electron chi connectivity index (χ3n) is 3.23. The molecule has 0 heterocycles. The van der Waals surface area contributed by atoms with Gasteiger partial charge < -0.3 is 5.32 Å². The monoisotopic (exact) mass is 291 g/mol. The first-order valence-corrected chi connectivity index (χ1v) is 7.24. The van der Waals surface area contributed by atoms with Crippen molar-refractivity contribution in [3.05, 3.63) is 58.4 Å². The van der Waals surface area contributed by atoms with Crippen molar-refractivity contribution >= 4 is 11.6 Å². The van der Waals surface area contributed by atoms with Crippen molar-refractivity contribution in [3.8, 4) is 11.1 Å². The number of benzene rings is 2. The van der Waals surface area contributed by atoms with Crippen molar-refractivity contribution in [2.75, 3.05) is 6.54 Å². The maximum atomic E-state index is 13.5. The van der Waals surface area contributed by atoms with Crippen molar-refractivity contribution in [1.29, 1.82) is 0 Å². The van der Waals surface area contributed by atoms with Crippen LogP contribution in [0.4, 0.5) is 4.39 Å². The zero-order chi connectivity index (χ0) is 14.5. The largest absolute Gasteiger partial charge is 0.313 e. The smallest absolute Gasteiger partial charge is 0.125 e. The van der Waals surface area contributed by atoms with Crippen LogP contribution in [0.3, 0.4) is 0 Å². The fourth-order valence-electron chi connectivity index (χ4n) is 2.21. The van der Waals surface area contributed by atoms with Crippen LogP contribution >= 0.6 is 11.6 Å². The minimum absolute atomic E-state index is 0.304. The highest BCUT2D eigenvalue weighted by Gasteiger charge is 2.06. The molecule has 20 heavy (non-hydrogen) atoms. The van der Waals surface area contributed by atoms with Crippen LogP contribution in [0.25, 0.3) is 11.1 Å². The molecule has 0 aromatic heterocycles. The summed E-state index contributed by atoms with van der Waals surface area (Å²) < 4.78 is 13.5. The Morgan fingerprint density at radius 3 is 2.65 bits per heavy atom. The lowest BCUT2D eigenvalue weighted by atomic mass is 9.98. The van der Waals surface area contributed by atoms with E-state index in [9.17, 15) is 4.39 Å². The third-order valence-corrected chi connectivity index (χ3v) is 3.45. The molecule has 1 nitrogen and oxygen atoms in total. The van der Waals surface area contributed by atoms with E-state index in [1.165, 1.54) is 17.7 Å². The van der Waals surface area contributed by atoms with E-state index in [1.54, 1.807) is 6.07 Å². The van der Waals surface area contributed by atoms with Gasteiger partial charge in [-0.3, -0.25) is 0 Å². The Kier molecular flexibility index (Phi) is 5.16. The Morgan fingerprint density at radius 2 is 1.95 bits per heavy atom. The van der Waals surface area contributed by atoms with Crippen LogP contribution in [0.5, 0.6) is 0 Å². The summed E-state index contributed by atoms with van der Waals surface area (Å²) in [5.74, 6) is -0.304. The number of hydrogen-bond donors (Lipinski definition) is 1. The quantitative estimate of drug-likeness (QED) is 0.768. The molecular formula is C17H19ClFN. The molecule has 0 bridgehead atoms. The van der Waals surface area contributed by atoms with E-state index in [2.05, 4.69) is 30.4 Å². The molecule has 0 atom stereocenters. The zero-order valence-electron chi connectivity index (χ0n) is 11.8. The Balaban J connectivity index is 2.32. The van der Waals surface area contributed by atoms with Gasteiger partial charge in [0.25, 0.3) is 0 Å². The van der Waals surface area contributed by atoms with Crippen LogP contribution in [0.2, 0.25) is 5.02 Å². The Bertz CT molecular complexity index is 575. The molecule has 2 rings (SSSR count). The maximum absolute atomic E-state index is 13.5. The van der Waals surface area contributed by atoms with Crippen molar-refractivity contribution in [2.45, 2.75) is 26.8 Å². The first kappa shape index (κ1) is 15.0. The van der Waals surface area contributed by atoms with Gasteiger partial charge in [-0.1, -0.05) is 30.7 Å². The van der Waals surface area contributed by atoms with Crippen molar-refractivity contribution in [1.82, 2.24) is 5.32 Å². The number of aryl methyl sites for hydroxylation is 1. The van der Waals surface area contributed by atoms with Gasteiger partial charge in [0.2, 0.25) is 0 Å². The van der Waals surface area contributed by atoms with E-state index in [0.717, 1.165) is 36.2 Å². The minimum Gasteiger partial charge on any atom is -0.313 e. The highest BCUT2D eigenvalue weighted by Crippen LogP contribution is 2.28. The SMILES string of the molecule is CCCNCc1ccc(C)c(-c2cc(F)cc(Cl)c2)c1. The lowest BCUT2D eigenvalue weighted by molar-refractivity contribution is 0.628. The third kappa shape index (κ3) is 3.81. The highest BCUT2D eigenvalue weighted by atomic mass is 35.5. The number of hydrogen-bond acceptors (Lipinski definition) is 1. The van der Waals surface area contributed by atoms with Gasteiger partial charge >= 0.3 is 0 Å². The minimum atomic E-state index is -0.304. The summed E-state index contributed by atoms with van der Waals surface area (Å²) in [6, 6.07) is 10.9. The van der Waals surface area contributed by atoms with Crippen LogP contribution < -0.4 is 5.32 Å². The molecule has 0 radical (unpaired) electrons. The normalized spacial score (nSPS) is 10.8. The van der Waals surface area contributed by atoms with Gasteiger partial charge in [-0.25, -0.2) is 4.39 Å². The molecule has 0 aliphatic rings. The predicted molar refractivity (Wildman–Crippen MR) is 83.6 cm³/mol. The van der Waals surface area contributed by atoms with E-state index in [0.29, 0.717) is 5.02 Å². The van der Waals surface area contributed by atoms with Crippen molar-refractivity contribution in [2.24, 2.45) is 0 Å². The first-order chi connectivity index (χ1) is 9.60. The lowest BCUT2D eigenvalue weighted by Crippen LogP contribution is -2.13. The highest BCUT2D eigenvalue weighted by molar-refractivity contribution is 6.30. The molecule has 0 aliphatic heterocycles. The molecule has 0 aliphatic carbocycles. The van der Waals surface area contributed by atoms with Gasteiger partial charge in [0.15, 0.2) is 0 Å². The molecular weight excluding hydrogens is 273 g/mol. The first-order valence-electron chi connectivity index (χ1n) is 6.87. The molecule has 0 fully saturated rings. The molecule has 0 spiro atoms. The summed E-state index contributed by atoms with van der Waals surface area (Å²) in [6.07, 6.45) is 1.11. The predicted octanol–water partition coefficient (Wildman–Crippen LogP) is 4.95. The molecule has 0 saturated carbocycles. The van der Waals surface area contributed by atoms with Gasteiger partial charge in [0, 0.05) is 11.6 Å². The summed E-state index contributed by atoms with van der Waals surface area (Å²) in [6.45, 7) is 5.99. The van der Waals surface area contributed by atoms with E-state index in [4.69, 9.17) is 11.6 Å².